The molecule has 0 radical (unpaired) electrons. The summed E-state index contributed by atoms with van der Waals surface area (Å²) in [4.78, 5) is 18.6. The van der Waals surface area contributed by atoms with Gasteiger partial charge >= 0.3 is 0 Å². The molecule has 9 rings (SSSR count). The highest BCUT2D eigenvalue weighted by atomic mass is 15.3. The lowest BCUT2D eigenvalue weighted by molar-refractivity contribution is -0.671. The van der Waals surface area contributed by atoms with E-state index in [9.17, 15) is 0 Å². The number of aromatic amines is 2. The number of pyridine rings is 3. The number of nitrogens with one attached hydrogen (secondary N) is 2. The summed E-state index contributed by atoms with van der Waals surface area (Å²) in [7, 11) is 12.7. The fraction of sp³-hybridized carbons (Fsp3) is 0.128. The minimum atomic E-state index is 0.732. The molecule has 2 aliphatic rings. The summed E-state index contributed by atoms with van der Waals surface area (Å²) in [6.07, 6.45) is 21.1. The maximum Gasteiger partial charge on any atom is 0.169 e. The van der Waals surface area contributed by atoms with Crippen molar-refractivity contribution in [1.82, 2.24) is 24.4 Å². The van der Waals surface area contributed by atoms with Crippen molar-refractivity contribution in [2.24, 2.45) is 21.1 Å². The average molecular weight is 721 g/mol. The van der Waals surface area contributed by atoms with Gasteiger partial charge in [0.05, 0.1) is 43.9 Å². The van der Waals surface area contributed by atoms with Gasteiger partial charge in [-0.2, -0.15) is 0 Å². The van der Waals surface area contributed by atoms with Crippen LogP contribution in [0.15, 0.2) is 122 Å². The topological polar surface area (TPSA) is 69.0 Å². The van der Waals surface area contributed by atoms with Crippen molar-refractivity contribution in [2.75, 3.05) is 21.1 Å². The summed E-state index contributed by atoms with van der Waals surface area (Å²) < 4.78 is 6.89. The number of aromatic nitrogens is 7. The molecule has 1 aromatic carbocycles. The zero-order chi connectivity index (χ0) is 37.8. The fourth-order valence-electron chi connectivity index (χ4n) is 7.50. The van der Waals surface area contributed by atoms with Crippen molar-refractivity contribution >= 4 is 52.1 Å². The van der Waals surface area contributed by atoms with Crippen molar-refractivity contribution in [3.63, 3.8) is 0 Å². The number of hydrogen-bond acceptors (Lipinski definition) is 2. The maximum atomic E-state index is 5.45. The highest BCUT2D eigenvalue weighted by Crippen LogP contribution is 2.38. The molecular formula is C47H44N8+4. The van der Waals surface area contributed by atoms with Crippen LogP contribution in [0.4, 0.5) is 5.69 Å². The molecule has 268 valence electrons. The number of hydrogen-bond donors (Lipinski definition) is 2. The van der Waals surface area contributed by atoms with Crippen molar-refractivity contribution in [3.8, 4) is 44.5 Å². The molecule has 8 heterocycles. The van der Waals surface area contributed by atoms with Crippen LogP contribution >= 0.6 is 0 Å². The lowest BCUT2D eigenvalue weighted by Crippen LogP contribution is -2.34. The Kier molecular flexibility index (Phi) is 8.21. The summed E-state index contributed by atoms with van der Waals surface area (Å²) >= 11 is 0. The standard InChI is InChI=1S/C47H43N8/c1-52-25-19-32(20-26-52)45-38-13-11-36(48-38)44(31-7-9-35(10-8-31)55(4,5)6)37-12-14-39(49-37)46(33-21-27-53(2)28-22-33)41-16-18-43(51-41)47(42-17-15-40(45)50-42)34-23-29-54(3)30-24-34/h7-30H,1-6H3,(H,48,49,50,51)/q+3/p+1. The third kappa shape index (κ3) is 6.36. The minimum absolute atomic E-state index is 0.732. The van der Waals surface area contributed by atoms with Crippen LogP contribution < -0.4 is 18.2 Å². The van der Waals surface area contributed by atoms with Crippen LogP contribution in [0.25, 0.3) is 90.9 Å². The van der Waals surface area contributed by atoms with Crippen LogP contribution in [0.3, 0.4) is 0 Å². The third-order valence-electron chi connectivity index (χ3n) is 10.5. The molecule has 0 saturated heterocycles. The Bertz CT molecular complexity index is 2790. The van der Waals surface area contributed by atoms with Gasteiger partial charge in [0.1, 0.15) is 26.8 Å². The molecule has 8 bridgehead atoms. The number of H-pyrrole nitrogens is 2. The van der Waals surface area contributed by atoms with E-state index in [0.29, 0.717) is 0 Å². The molecule has 0 fully saturated rings. The predicted molar refractivity (Wildman–Crippen MR) is 224 cm³/mol. The van der Waals surface area contributed by atoms with Gasteiger partial charge in [-0.3, -0.25) is 4.48 Å². The molecule has 0 amide bonds. The molecule has 2 N–H and O–H groups in total. The van der Waals surface area contributed by atoms with Crippen LogP contribution in [-0.2, 0) is 21.1 Å². The van der Waals surface area contributed by atoms with Gasteiger partial charge in [0, 0.05) is 80.7 Å². The Morgan fingerprint density at radius 3 is 0.927 bits per heavy atom. The van der Waals surface area contributed by atoms with E-state index in [-0.39, 0.29) is 0 Å². The van der Waals surface area contributed by atoms with E-state index < -0.39 is 0 Å². The molecule has 8 nitrogen and oxygen atoms in total. The summed E-state index contributed by atoms with van der Waals surface area (Å²) in [6, 6.07) is 30.5. The smallest absolute Gasteiger partial charge is 0.169 e. The van der Waals surface area contributed by atoms with Gasteiger partial charge in [0.2, 0.25) is 0 Å². The first-order valence-electron chi connectivity index (χ1n) is 18.5. The zero-order valence-corrected chi connectivity index (χ0v) is 32.0. The molecule has 0 unspecified atom stereocenters. The van der Waals surface area contributed by atoms with Crippen LogP contribution in [0, 0.1) is 0 Å². The molecule has 7 aromatic rings. The average Bonchev–Trinajstić information content (AvgIpc) is 4.01. The van der Waals surface area contributed by atoms with E-state index in [0.717, 1.165) is 93.8 Å². The molecule has 55 heavy (non-hydrogen) atoms. The van der Waals surface area contributed by atoms with Crippen LogP contribution in [0.5, 0.6) is 0 Å². The second kappa shape index (κ2) is 13.3. The van der Waals surface area contributed by atoms with Gasteiger partial charge in [0.25, 0.3) is 0 Å². The van der Waals surface area contributed by atoms with Gasteiger partial charge < -0.3 is 9.97 Å². The Balaban J connectivity index is 1.45. The Labute approximate surface area is 320 Å². The van der Waals surface area contributed by atoms with Crippen LogP contribution in [0.1, 0.15) is 22.8 Å². The third-order valence-corrected chi connectivity index (χ3v) is 10.5. The normalized spacial score (nSPS) is 12.4. The lowest BCUT2D eigenvalue weighted by atomic mass is 10.0. The van der Waals surface area contributed by atoms with E-state index >= 15 is 0 Å². The molecule has 6 aromatic heterocycles. The molecule has 2 aliphatic heterocycles. The van der Waals surface area contributed by atoms with E-state index in [4.69, 9.17) is 9.97 Å². The SMILES string of the molecule is C[n+]1ccc(-c2c3nc(c(-c4cc[n+](C)cc4)c4ccc([nH]4)c(-c4cc[n+](C)cc4)c4nc(c(-c5ccc([N+](C)(C)C)cc5)c5ccc2[nH]5)C=C4)C=C3)cc1. The largest absolute Gasteiger partial charge is 0.354 e. The minimum Gasteiger partial charge on any atom is -0.354 e. The molecular weight excluding hydrogens is 677 g/mol. The number of fused-ring (bicyclic) bond motifs is 8. The number of nitrogens with zero attached hydrogens (tertiary/aromatic N) is 6. The lowest BCUT2D eigenvalue weighted by Gasteiger charge is -2.23. The number of rotatable bonds is 5. The molecule has 0 spiro atoms. The number of aryl methyl sites for hydroxylation is 3. The van der Waals surface area contributed by atoms with E-state index in [1.807, 2.05) is 21.1 Å². The van der Waals surface area contributed by atoms with Gasteiger partial charge in [0.15, 0.2) is 37.2 Å². The summed E-state index contributed by atoms with van der Waals surface area (Å²) in [6.45, 7) is 0. The zero-order valence-electron chi connectivity index (χ0n) is 32.0. The van der Waals surface area contributed by atoms with Gasteiger partial charge in [-0.15, -0.1) is 0 Å². The van der Waals surface area contributed by atoms with Gasteiger partial charge in [-0.1, -0.05) is 0 Å². The number of quaternary nitrogens is 1. The molecule has 0 saturated carbocycles. The van der Waals surface area contributed by atoms with Crippen LogP contribution in [0.2, 0.25) is 0 Å². The van der Waals surface area contributed by atoms with Crippen molar-refractivity contribution in [3.05, 3.63) is 145 Å². The Morgan fingerprint density at radius 1 is 0.382 bits per heavy atom. The second-order valence-corrected chi connectivity index (χ2v) is 15.3. The van der Waals surface area contributed by atoms with Crippen molar-refractivity contribution < 1.29 is 13.7 Å². The Morgan fingerprint density at radius 2 is 0.655 bits per heavy atom. The predicted octanol–water partition coefficient (Wildman–Crippen LogP) is 7.99. The molecule has 0 atom stereocenters. The second-order valence-electron chi connectivity index (χ2n) is 15.3. The van der Waals surface area contributed by atoms with Crippen molar-refractivity contribution in [2.45, 2.75) is 0 Å². The van der Waals surface area contributed by atoms with E-state index in [2.05, 4.69) is 191 Å². The van der Waals surface area contributed by atoms with E-state index in [1.54, 1.807) is 0 Å². The quantitative estimate of drug-likeness (QED) is 0.140. The summed E-state index contributed by atoms with van der Waals surface area (Å²) in [5, 5.41) is 0. The highest BCUT2D eigenvalue weighted by Gasteiger charge is 2.20. The van der Waals surface area contributed by atoms with Gasteiger partial charge in [-0.25, -0.2) is 23.7 Å². The first-order valence-corrected chi connectivity index (χ1v) is 18.5. The first kappa shape index (κ1) is 34.0. The first-order chi connectivity index (χ1) is 26.6. The van der Waals surface area contributed by atoms with Gasteiger partial charge in [-0.05, 0) is 95.1 Å². The number of benzene rings is 1. The monoisotopic (exact) mass is 720 g/mol. The molecule has 8 heteroatoms. The maximum absolute atomic E-state index is 5.45. The summed E-state index contributed by atoms with van der Waals surface area (Å²) in [5.74, 6) is 0. The van der Waals surface area contributed by atoms with Crippen LogP contribution in [-0.4, -0.2) is 41.1 Å². The van der Waals surface area contributed by atoms with Crippen molar-refractivity contribution in [1.29, 1.82) is 0 Å². The molecule has 0 aliphatic carbocycles. The summed E-state index contributed by atoms with van der Waals surface area (Å²) in [5.41, 5.74) is 17.1. The highest BCUT2D eigenvalue weighted by molar-refractivity contribution is 5.99. The van der Waals surface area contributed by atoms with E-state index in [1.165, 1.54) is 5.69 Å². The fourth-order valence-corrected chi connectivity index (χ4v) is 7.50. The Hall–Kier alpha value is -6.77.